The van der Waals surface area contributed by atoms with E-state index in [1.165, 1.54) is 0 Å². The Labute approximate surface area is 230 Å². The fourth-order valence-electron chi connectivity index (χ4n) is 4.75. The number of carbonyl (C=O) groups is 1. The largest absolute Gasteiger partial charge is 0.346 e. The Morgan fingerprint density at radius 1 is 0.579 bits per heavy atom. The van der Waals surface area contributed by atoms with E-state index in [0.29, 0.717) is 15.8 Å². The number of rotatable bonds is 7. The number of hydrogen-bond donors (Lipinski definition) is 1. The van der Waals surface area contributed by atoms with Crippen LogP contribution in [0.3, 0.4) is 0 Å². The lowest BCUT2D eigenvalue weighted by Gasteiger charge is -2.33. The predicted molar refractivity (Wildman–Crippen MR) is 168 cm³/mol. The van der Waals surface area contributed by atoms with Gasteiger partial charge in [-0.1, -0.05) is 151 Å². The van der Waals surface area contributed by atoms with Crippen molar-refractivity contribution in [2.45, 2.75) is 6.92 Å². The summed E-state index contributed by atoms with van der Waals surface area (Å²) in [6, 6.07) is 48.5. The van der Waals surface area contributed by atoms with E-state index in [-0.39, 0.29) is 5.78 Å². The molecule has 0 bridgehead atoms. The SMILES string of the molecule is Cc1ccc(NC(=S)C(C(=O)c2ccccc2)=P(c2ccccc2)(c2ccccc2)c2ccccc2)cc1. The molecule has 5 aromatic carbocycles. The molecule has 4 heteroatoms. The minimum absolute atomic E-state index is 0.0693. The Morgan fingerprint density at radius 2 is 0.974 bits per heavy atom. The van der Waals surface area contributed by atoms with Gasteiger partial charge in [0.25, 0.3) is 0 Å². The molecule has 0 aliphatic heterocycles. The van der Waals surface area contributed by atoms with Gasteiger partial charge in [0.15, 0.2) is 5.78 Å². The van der Waals surface area contributed by atoms with E-state index >= 15 is 0 Å². The number of anilines is 1. The van der Waals surface area contributed by atoms with Crippen molar-refractivity contribution in [2.24, 2.45) is 0 Å². The summed E-state index contributed by atoms with van der Waals surface area (Å²) in [5, 5.41) is 7.27. The third-order valence-electron chi connectivity index (χ3n) is 6.54. The summed E-state index contributed by atoms with van der Waals surface area (Å²) in [6.45, 7) is -0.673. The van der Waals surface area contributed by atoms with Gasteiger partial charge < -0.3 is 5.32 Å². The standard InChI is InChI=1S/C34H28NOPS/c1-26-22-24-28(25-23-26)35-34(38)33(32(36)27-14-6-2-7-15-27)37(29-16-8-3-9-17-29,30-18-10-4-11-19-30)31-20-12-5-13-21-31/h2-25H,1H3,(H,35,38). The first-order chi connectivity index (χ1) is 18.6. The van der Waals surface area contributed by atoms with Gasteiger partial charge in [-0.2, -0.15) is 0 Å². The maximum Gasteiger partial charge on any atom is 0.197 e. The highest BCUT2D eigenvalue weighted by atomic mass is 32.1. The van der Waals surface area contributed by atoms with Crippen molar-refractivity contribution in [2.75, 3.05) is 5.32 Å². The molecular formula is C34H28NOPS. The van der Waals surface area contributed by atoms with Gasteiger partial charge in [0, 0.05) is 11.3 Å². The molecule has 5 rings (SSSR count). The lowest BCUT2D eigenvalue weighted by molar-refractivity contribution is 0.107. The topological polar surface area (TPSA) is 29.1 Å². The fraction of sp³-hybridized carbons (Fsp3) is 0.0294. The van der Waals surface area contributed by atoms with Crippen LogP contribution in [0.15, 0.2) is 146 Å². The summed E-state index contributed by atoms with van der Waals surface area (Å²) in [5.74, 6) is -0.0693. The van der Waals surface area contributed by atoms with Crippen LogP contribution >= 0.6 is 19.1 Å². The molecule has 0 heterocycles. The minimum atomic E-state index is -2.72. The van der Waals surface area contributed by atoms with Crippen molar-refractivity contribution in [3.63, 3.8) is 0 Å². The van der Waals surface area contributed by atoms with Gasteiger partial charge in [-0.05, 0) is 41.9 Å². The van der Waals surface area contributed by atoms with Gasteiger partial charge in [-0.25, -0.2) is 0 Å². The Kier molecular flexibility index (Phi) is 7.79. The zero-order valence-electron chi connectivity index (χ0n) is 21.1. The third-order valence-corrected chi connectivity index (χ3v) is 11.3. The van der Waals surface area contributed by atoms with E-state index in [4.69, 9.17) is 12.2 Å². The third kappa shape index (κ3) is 5.04. The first kappa shape index (κ1) is 25.6. The molecule has 0 atom stereocenters. The van der Waals surface area contributed by atoms with Crippen molar-refractivity contribution in [1.82, 2.24) is 0 Å². The Morgan fingerprint density at radius 3 is 1.39 bits per heavy atom. The molecule has 2 nitrogen and oxygen atoms in total. The van der Waals surface area contributed by atoms with Gasteiger partial charge in [0.2, 0.25) is 0 Å². The number of nitrogens with one attached hydrogen (secondary N) is 1. The number of thiocarbonyl (C=S) groups is 1. The van der Waals surface area contributed by atoms with Crippen molar-refractivity contribution in [3.8, 4) is 0 Å². The molecule has 0 aliphatic rings. The second kappa shape index (κ2) is 11.6. The molecule has 186 valence electrons. The molecule has 0 fully saturated rings. The maximum absolute atomic E-state index is 14.7. The van der Waals surface area contributed by atoms with E-state index < -0.39 is 6.89 Å². The van der Waals surface area contributed by atoms with Crippen LogP contribution in [0, 0.1) is 6.92 Å². The summed E-state index contributed by atoms with van der Waals surface area (Å²) in [4.78, 5) is 15.1. The van der Waals surface area contributed by atoms with Crippen LogP contribution in [0.25, 0.3) is 0 Å². The summed E-state index contributed by atoms with van der Waals surface area (Å²) >= 11 is 6.17. The number of aryl methyl sites for hydroxylation is 1. The molecule has 0 aliphatic carbocycles. The average molecular weight is 530 g/mol. The van der Waals surface area contributed by atoms with Crippen molar-refractivity contribution < 1.29 is 4.79 Å². The second-order valence-corrected chi connectivity index (χ2v) is 12.8. The smallest absolute Gasteiger partial charge is 0.197 e. The molecule has 0 spiro atoms. The maximum atomic E-state index is 14.7. The first-order valence-corrected chi connectivity index (χ1v) is 14.7. The van der Waals surface area contributed by atoms with Crippen LogP contribution in [0.5, 0.6) is 0 Å². The van der Waals surface area contributed by atoms with Crippen LogP contribution in [0.2, 0.25) is 0 Å². The van der Waals surface area contributed by atoms with Crippen LogP contribution in [-0.2, 0) is 0 Å². The van der Waals surface area contributed by atoms with E-state index in [0.717, 1.165) is 27.2 Å². The van der Waals surface area contributed by atoms with Gasteiger partial charge in [0.1, 0.15) is 4.99 Å². The average Bonchev–Trinajstić information content (AvgIpc) is 2.98. The number of hydrogen-bond acceptors (Lipinski definition) is 2. The minimum Gasteiger partial charge on any atom is -0.346 e. The molecule has 0 aromatic heterocycles. The van der Waals surface area contributed by atoms with Crippen LogP contribution in [0.4, 0.5) is 5.69 Å². The number of Topliss-reactive ketones (excluding diaryl/α,β-unsaturated/α-hetero) is 1. The molecule has 38 heavy (non-hydrogen) atoms. The molecule has 0 saturated heterocycles. The first-order valence-electron chi connectivity index (χ1n) is 12.5. The second-order valence-electron chi connectivity index (χ2n) is 9.04. The van der Waals surface area contributed by atoms with Gasteiger partial charge >= 0.3 is 0 Å². The van der Waals surface area contributed by atoms with Crippen LogP contribution in [-0.4, -0.2) is 16.1 Å². The summed E-state index contributed by atoms with van der Waals surface area (Å²) in [7, 11) is 0. The predicted octanol–water partition coefficient (Wildman–Crippen LogP) is 6.78. The lowest BCUT2D eigenvalue weighted by atomic mass is 10.1. The molecule has 1 N–H and O–H groups in total. The highest BCUT2D eigenvalue weighted by Crippen LogP contribution is 2.47. The Bertz CT molecular complexity index is 1490. The summed E-state index contributed by atoms with van der Waals surface area (Å²) < 4.78 is 0. The molecule has 0 unspecified atom stereocenters. The monoisotopic (exact) mass is 529 g/mol. The number of carbonyl (C=O) groups excluding carboxylic acids is 1. The zero-order valence-corrected chi connectivity index (χ0v) is 22.8. The summed E-state index contributed by atoms with van der Waals surface area (Å²) in [5.41, 5.74) is 2.62. The molecule has 0 radical (unpaired) electrons. The van der Waals surface area contributed by atoms with Crippen LogP contribution < -0.4 is 21.2 Å². The normalized spacial score (nSPS) is 11.0. The molecular weight excluding hydrogens is 501 g/mol. The molecule has 0 saturated carbocycles. The van der Waals surface area contributed by atoms with Crippen molar-refractivity contribution in [3.05, 3.63) is 157 Å². The Balaban J connectivity index is 1.93. The van der Waals surface area contributed by atoms with Gasteiger partial charge in [-0.15, -0.1) is 0 Å². The summed E-state index contributed by atoms with van der Waals surface area (Å²) in [6.07, 6.45) is 0. The Hall–Kier alpha value is -4.04. The van der Waals surface area contributed by atoms with Crippen molar-refractivity contribution in [1.29, 1.82) is 0 Å². The van der Waals surface area contributed by atoms with Gasteiger partial charge in [0.05, 0.1) is 5.29 Å². The highest BCUT2D eigenvalue weighted by molar-refractivity contribution is 8.00. The zero-order chi connectivity index (χ0) is 26.4. The molecule has 5 aromatic rings. The van der Waals surface area contributed by atoms with E-state index in [2.05, 4.69) is 48.6 Å². The quantitative estimate of drug-likeness (QED) is 0.143. The highest BCUT2D eigenvalue weighted by Gasteiger charge is 2.35. The fourth-order valence-corrected chi connectivity index (χ4v) is 9.69. The van der Waals surface area contributed by atoms with E-state index in [9.17, 15) is 4.79 Å². The van der Waals surface area contributed by atoms with Gasteiger partial charge in [-0.3, -0.25) is 4.79 Å². The van der Waals surface area contributed by atoms with E-state index in [1.54, 1.807) is 0 Å². The number of benzene rings is 5. The van der Waals surface area contributed by atoms with Crippen molar-refractivity contribution >= 4 is 56.8 Å². The van der Waals surface area contributed by atoms with Crippen LogP contribution in [0.1, 0.15) is 15.9 Å². The van der Waals surface area contributed by atoms with E-state index in [1.807, 2.05) is 109 Å². The number of ketones is 1. The molecule has 0 amide bonds. The lowest BCUT2D eigenvalue weighted by Crippen LogP contribution is -2.39.